The van der Waals surface area contributed by atoms with Gasteiger partial charge in [-0.05, 0) is 23.6 Å². The van der Waals surface area contributed by atoms with Crippen molar-refractivity contribution in [2.24, 2.45) is 5.73 Å². The predicted octanol–water partition coefficient (Wildman–Crippen LogP) is 2.02. The van der Waals surface area contributed by atoms with E-state index in [1.807, 2.05) is 30.3 Å². The number of hydrogen-bond donors (Lipinski definition) is 2. The van der Waals surface area contributed by atoms with E-state index in [2.05, 4.69) is 5.32 Å². The molecular formula is C22H24N4O5. The normalized spacial score (nSPS) is 10.9. The summed E-state index contributed by atoms with van der Waals surface area (Å²) in [4.78, 5) is 48.1. The molecule has 0 radical (unpaired) electrons. The number of nitro benzene ring substituents is 1. The summed E-state index contributed by atoms with van der Waals surface area (Å²) in [6.45, 7) is 1.63. The summed E-state index contributed by atoms with van der Waals surface area (Å²) < 4.78 is 0. The molecule has 0 saturated heterocycles. The smallest absolute Gasteiger partial charge is 0.270 e. The van der Waals surface area contributed by atoms with E-state index in [0.29, 0.717) is 18.5 Å². The molecule has 2 rings (SSSR count). The number of nitrogens with one attached hydrogen (secondary N) is 1. The lowest BCUT2D eigenvalue weighted by Gasteiger charge is -2.24. The third kappa shape index (κ3) is 7.73. The Bertz CT molecular complexity index is 988. The van der Waals surface area contributed by atoms with Crippen molar-refractivity contribution in [3.8, 4) is 0 Å². The number of amides is 3. The third-order valence-corrected chi connectivity index (χ3v) is 4.36. The first kappa shape index (κ1) is 23.3. The molecule has 0 saturated carbocycles. The summed E-state index contributed by atoms with van der Waals surface area (Å²) in [5.74, 6) is -1.54. The van der Waals surface area contributed by atoms with Crippen LogP contribution in [0.5, 0.6) is 0 Å². The van der Waals surface area contributed by atoms with Gasteiger partial charge < -0.3 is 16.0 Å². The summed E-state index contributed by atoms with van der Waals surface area (Å²) in [5, 5.41) is 13.5. The van der Waals surface area contributed by atoms with Crippen LogP contribution in [0.1, 0.15) is 24.5 Å². The Morgan fingerprint density at radius 3 is 2.42 bits per heavy atom. The van der Waals surface area contributed by atoms with Crippen molar-refractivity contribution in [2.75, 3.05) is 13.1 Å². The number of nitro groups is 1. The second kappa shape index (κ2) is 11.2. The van der Waals surface area contributed by atoms with Gasteiger partial charge in [-0.25, -0.2) is 0 Å². The van der Waals surface area contributed by atoms with E-state index in [-0.39, 0.29) is 24.4 Å². The number of non-ortho nitro benzene ring substituents is 1. The van der Waals surface area contributed by atoms with Crippen LogP contribution in [0.3, 0.4) is 0 Å². The molecule has 3 amide bonds. The lowest BCUT2D eigenvalue weighted by atomic mass is 10.1. The van der Waals surface area contributed by atoms with Crippen LogP contribution in [0.15, 0.2) is 60.3 Å². The zero-order valence-electron chi connectivity index (χ0n) is 17.1. The van der Waals surface area contributed by atoms with Gasteiger partial charge in [-0.15, -0.1) is 0 Å². The Morgan fingerprint density at radius 2 is 1.81 bits per heavy atom. The van der Waals surface area contributed by atoms with Crippen molar-refractivity contribution >= 4 is 29.5 Å². The summed E-state index contributed by atoms with van der Waals surface area (Å²) >= 11 is 0. The second-order valence-corrected chi connectivity index (χ2v) is 6.84. The Balaban J connectivity index is 2.31. The molecule has 31 heavy (non-hydrogen) atoms. The molecule has 9 nitrogen and oxygen atoms in total. The highest BCUT2D eigenvalue weighted by molar-refractivity contribution is 6.01. The summed E-state index contributed by atoms with van der Waals surface area (Å²) in [7, 11) is 0. The van der Waals surface area contributed by atoms with E-state index >= 15 is 0 Å². The molecule has 0 fully saturated rings. The second-order valence-electron chi connectivity index (χ2n) is 6.84. The maximum absolute atomic E-state index is 13.2. The van der Waals surface area contributed by atoms with Gasteiger partial charge >= 0.3 is 0 Å². The third-order valence-electron chi connectivity index (χ3n) is 4.36. The van der Waals surface area contributed by atoms with Crippen LogP contribution >= 0.6 is 0 Å². The molecule has 0 aromatic heterocycles. The van der Waals surface area contributed by atoms with Crippen LogP contribution in [0.25, 0.3) is 6.08 Å². The van der Waals surface area contributed by atoms with Gasteiger partial charge in [0.2, 0.25) is 11.8 Å². The van der Waals surface area contributed by atoms with Gasteiger partial charge in [0.15, 0.2) is 0 Å². The zero-order chi connectivity index (χ0) is 22.8. The van der Waals surface area contributed by atoms with Crippen molar-refractivity contribution < 1.29 is 19.3 Å². The minimum absolute atomic E-state index is 0.0370. The highest BCUT2D eigenvalue weighted by atomic mass is 16.6. The fraction of sp³-hybridized carbons (Fsp3) is 0.227. The van der Waals surface area contributed by atoms with E-state index in [4.69, 9.17) is 5.73 Å². The summed E-state index contributed by atoms with van der Waals surface area (Å²) in [6, 6.07) is 15.2. The van der Waals surface area contributed by atoms with Gasteiger partial charge in [0, 0.05) is 38.6 Å². The molecule has 2 aromatic carbocycles. The van der Waals surface area contributed by atoms with Crippen LogP contribution < -0.4 is 11.1 Å². The fourth-order valence-corrected chi connectivity index (χ4v) is 2.87. The van der Waals surface area contributed by atoms with Crippen LogP contribution in [-0.4, -0.2) is 40.6 Å². The maximum atomic E-state index is 13.2. The first-order valence-corrected chi connectivity index (χ1v) is 9.61. The number of carbonyl (C=O) groups excluding carboxylic acids is 3. The first-order chi connectivity index (χ1) is 14.8. The van der Waals surface area contributed by atoms with E-state index < -0.39 is 22.6 Å². The Kier molecular flexibility index (Phi) is 8.44. The van der Waals surface area contributed by atoms with Gasteiger partial charge in [0.25, 0.3) is 11.6 Å². The quantitative estimate of drug-likeness (QED) is 0.342. The lowest BCUT2D eigenvalue weighted by molar-refractivity contribution is -0.384. The number of nitrogens with two attached hydrogens (primary N) is 1. The number of hydrogen-bond acceptors (Lipinski definition) is 5. The maximum Gasteiger partial charge on any atom is 0.270 e. The molecule has 0 aliphatic rings. The molecular weight excluding hydrogens is 400 g/mol. The number of nitrogens with zero attached hydrogens (tertiary/aromatic N) is 2. The van der Waals surface area contributed by atoms with Gasteiger partial charge in [-0.1, -0.05) is 42.5 Å². The predicted molar refractivity (Wildman–Crippen MR) is 115 cm³/mol. The average molecular weight is 424 g/mol. The van der Waals surface area contributed by atoms with Gasteiger partial charge in [-0.2, -0.15) is 0 Å². The zero-order valence-corrected chi connectivity index (χ0v) is 17.1. The molecule has 0 spiro atoms. The highest BCUT2D eigenvalue weighted by Gasteiger charge is 2.20. The molecule has 0 aliphatic carbocycles. The summed E-state index contributed by atoms with van der Waals surface area (Å²) in [6.07, 6.45) is 1.87. The minimum atomic E-state index is -0.554. The first-order valence-electron chi connectivity index (χ1n) is 9.61. The Hall–Kier alpha value is -4.01. The monoisotopic (exact) mass is 424 g/mol. The SMILES string of the molecule is CC(=O)N/C(=C\c1cccc([N+](=O)[O-])c1)C(=O)N(CCC(N)=O)CCc1ccccc1. The van der Waals surface area contributed by atoms with Crippen molar-refractivity contribution in [3.05, 3.63) is 81.5 Å². The largest absolute Gasteiger partial charge is 0.370 e. The van der Waals surface area contributed by atoms with Crippen LogP contribution in [0.2, 0.25) is 0 Å². The van der Waals surface area contributed by atoms with Crippen molar-refractivity contribution in [1.82, 2.24) is 10.2 Å². The standard InChI is InChI=1S/C22H24N4O5/c1-16(27)24-20(15-18-8-5-9-19(14-18)26(30)31)22(29)25(13-11-21(23)28)12-10-17-6-3-2-4-7-17/h2-9,14-15H,10-13H2,1H3,(H2,23,28)(H,24,27)/b20-15-. The molecule has 2 aromatic rings. The average Bonchev–Trinajstić information content (AvgIpc) is 2.73. The van der Waals surface area contributed by atoms with Crippen molar-refractivity contribution in [1.29, 1.82) is 0 Å². The Labute approximate surface area is 179 Å². The molecule has 0 unspecified atom stereocenters. The van der Waals surface area contributed by atoms with Gasteiger partial charge in [0.1, 0.15) is 5.70 Å². The number of primary amides is 1. The number of benzene rings is 2. The molecule has 0 heterocycles. The molecule has 9 heteroatoms. The van der Waals surface area contributed by atoms with Gasteiger partial charge in [-0.3, -0.25) is 24.5 Å². The Morgan fingerprint density at radius 1 is 1.10 bits per heavy atom. The lowest BCUT2D eigenvalue weighted by Crippen LogP contribution is -2.40. The van der Waals surface area contributed by atoms with E-state index in [9.17, 15) is 24.5 Å². The molecule has 0 bridgehead atoms. The molecule has 162 valence electrons. The topological polar surface area (TPSA) is 136 Å². The molecule has 0 atom stereocenters. The molecule has 0 aliphatic heterocycles. The van der Waals surface area contributed by atoms with Gasteiger partial charge in [0.05, 0.1) is 4.92 Å². The van der Waals surface area contributed by atoms with E-state index in [0.717, 1.165) is 5.56 Å². The van der Waals surface area contributed by atoms with Crippen LogP contribution in [-0.2, 0) is 20.8 Å². The van der Waals surface area contributed by atoms with Crippen molar-refractivity contribution in [2.45, 2.75) is 19.8 Å². The molecule has 3 N–H and O–H groups in total. The number of carbonyl (C=O) groups is 3. The van der Waals surface area contributed by atoms with E-state index in [1.54, 1.807) is 6.07 Å². The van der Waals surface area contributed by atoms with Crippen LogP contribution in [0, 0.1) is 10.1 Å². The highest BCUT2D eigenvalue weighted by Crippen LogP contribution is 2.16. The fourth-order valence-electron chi connectivity index (χ4n) is 2.87. The van der Waals surface area contributed by atoms with Crippen LogP contribution in [0.4, 0.5) is 5.69 Å². The van der Waals surface area contributed by atoms with Crippen molar-refractivity contribution in [3.63, 3.8) is 0 Å². The van der Waals surface area contributed by atoms with E-state index in [1.165, 1.54) is 36.1 Å². The minimum Gasteiger partial charge on any atom is -0.370 e. The summed E-state index contributed by atoms with van der Waals surface area (Å²) in [5.41, 5.74) is 6.44. The number of rotatable bonds is 10.